The zero-order chi connectivity index (χ0) is 14.7. The van der Waals surface area contributed by atoms with Gasteiger partial charge in [0.15, 0.2) is 0 Å². The van der Waals surface area contributed by atoms with Gasteiger partial charge in [-0.25, -0.2) is 18.9 Å². The average Bonchev–Trinajstić information content (AvgIpc) is 2.65. The lowest BCUT2D eigenvalue weighted by Gasteiger charge is -2.14. The molecule has 2 atom stereocenters. The van der Waals surface area contributed by atoms with Crippen molar-refractivity contribution >= 4 is 21.6 Å². The highest BCUT2D eigenvalue weighted by molar-refractivity contribution is 7.61. The third-order valence-corrected chi connectivity index (χ3v) is 3.80. The van der Waals surface area contributed by atoms with Crippen LogP contribution >= 0.6 is 15.6 Å². The van der Waals surface area contributed by atoms with Crippen LogP contribution in [0.4, 0.5) is 0 Å². The first kappa shape index (κ1) is 16.0. The number of nitrogens with zero attached hydrogens (tertiary/aromatic N) is 1. The summed E-state index contributed by atoms with van der Waals surface area (Å²) in [6.07, 6.45) is 2.63. The lowest BCUT2D eigenvalue weighted by atomic mass is 10.2. The zero-order valence-corrected chi connectivity index (χ0v) is 11.0. The summed E-state index contributed by atoms with van der Waals surface area (Å²) in [6, 6.07) is -1.33. The monoisotopic (exact) mass is 315 g/mol. The Balaban J connectivity index is 2.59. The maximum atomic E-state index is 11.3. The van der Waals surface area contributed by atoms with Crippen LogP contribution in [0.3, 0.4) is 0 Å². The van der Waals surface area contributed by atoms with Crippen molar-refractivity contribution in [3.05, 3.63) is 18.2 Å². The molecule has 0 aliphatic carbocycles. The molecule has 0 bridgehead atoms. The molecule has 0 spiro atoms. The van der Waals surface area contributed by atoms with Gasteiger partial charge in [-0.1, -0.05) is 0 Å². The van der Waals surface area contributed by atoms with Crippen LogP contribution in [-0.4, -0.2) is 36.7 Å². The van der Waals surface area contributed by atoms with Crippen LogP contribution in [0.2, 0.25) is 0 Å². The van der Waals surface area contributed by atoms with Crippen molar-refractivity contribution in [3.8, 4) is 0 Å². The molecule has 0 aliphatic heterocycles. The van der Waals surface area contributed by atoms with Crippen LogP contribution in [0.5, 0.6) is 0 Å². The van der Waals surface area contributed by atoms with Gasteiger partial charge < -0.3 is 25.0 Å². The number of carbonyl (C=O) groups excluding carboxylic acids is 1. The Morgan fingerprint density at radius 1 is 1.47 bits per heavy atom. The minimum atomic E-state index is -5.28. The van der Waals surface area contributed by atoms with E-state index in [9.17, 15) is 13.9 Å². The van der Waals surface area contributed by atoms with Crippen molar-refractivity contribution in [2.75, 3.05) is 0 Å². The number of carbonyl (C=O) groups is 1. The van der Waals surface area contributed by atoms with Gasteiger partial charge in [0.1, 0.15) is 6.04 Å². The predicted octanol–water partition coefficient (Wildman–Crippen LogP) is -0.968. The van der Waals surface area contributed by atoms with E-state index < -0.39 is 27.7 Å². The normalized spacial score (nSPS) is 16.6. The van der Waals surface area contributed by atoms with Crippen molar-refractivity contribution in [2.45, 2.75) is 12.5 Å². The van der Waals surface area contributed by atoms with E-state index in [-0.39, 0.29) is 6.42 Å². The molecule has 1 unspecified atom stereocenters. The highest BCUT2D eigenvalue weighted by atomic mass is 31.3. The van der Waals surface area contributed by atoms with Crippen LogP contribution in [0.15, 0.2) is 12.5 Å². The van der Waals surface area contributed by atoms with Gasteiger partial charge in [0.05, 0.1) is 6.33 Å². The van der Waals surface area contributed by atoms with Gasteiger partial charge in [-0.05, 0) is 0 Å². The molecule has 11 nitrogen and oxygen atoms in total. The molecule has 6 N–H and O–H groups in total. The average molecular weight is 315 g/mol. The quantitative estimate of drug-likeness (QED) is 0.409. The molecule has 0 saturated carbocycles. The Hall–Kier alpha value is -1.06. The Kier molecular flexibility index (Phi) is 4.99. The van der Waals surface area contributed by atoms with Gasteiger partial charge in [-0.15, -0.1) is 0 Å². The van der Waals surface area contributed by atoms with E-state index in [1.54, 1.807) is 0 Å². The number of imidazole rings is 1. The van der Waals surface area contributed by atoms with Crippen molar-refractivity contribution in [3.63, 3.8) is 0 Å². The minimum Gasteiger partial charge on any atom is -0.369 e. The molecule has 13 heteroatoms. The molecule has 0 aromatic carbocycles. The maximum absolute atomic E-state index is 11.3. The molecule has 0 aliphatic rings. The second-order valence-corrected chi connectivity index (χ2v) is 6.09. The van der Waals surface area contributed by atoms with Crippen molar-refractivity contribution < 1.29 is 37.4 Å². The van der Waals surface area contributed by atoms with Gasteiger partial charge in [0.2, 0.25) is 0 Å². The highest BCUT2D eigenvalue weighted by Gasteiger charge is 2.36. The maximum Gasteiger partial charge on any atom is 0.538 e. The third kappa shape index (κ3) is 6.08. The van der Waals surface area contributed by atoms with Gasteiger partial charge >= 0.3 is 21.6 Å². The van der Waals surface area contributed by atoms with E-state index in [1.807, 2.05) is 0 Å². The number of nitrogens with two attached hydrogens (primary N) is 1. The second kappa shape index (κ2) is 5.93. The number of aromatic nitrogens is 2. The third-order valence-electron chi connectivity index (χ3n) is 1.71. The first-order chi connectivity index (χ1) is 8.59. The molecule has 1 aromatic rings. The van der Waals surface area contributed by atoms with Gasteiger partial charge in [0.25, 0.3) is 0 Å². The first-order valence-electron chi connectivity index (χ1n) is 4.65. The molecule has 0 fully saturated rings. The number of phosphoric acid groups is 2. The van der Waals surface area contributed by atoms with E-state index in [4.69, 9.17) is 20.4 Å². The topological polar surface area (TPSA) is 185 Å². The Bertz CT molecular complexity index is 525. The SMILES string of the molecule is N[C@@H](Cc1cnc[nH]1)C(=O)OP(=O)(O)OP(=O)(O)O. The van der Waals surface area contributed by atoms with E-state index >= 15 is 0 Å². The van der Waals surface area contributed by atoms with Crippen LogP contribution in [0, 0.1) is 0 Å². The predicted molar refractivity (Wildman–Crippen MR) is 59.3 cm³/mol. The molecular formula is C6H11N3O8P2. The minimum absolute atomic E-state index is 0.0747. The molecular weight excluding hydrogens is 304 g/mol. The smallest absolute Gasteiger partial charge is 0.369 e. The Morgan fingerprint density at radius 3 is 2.58 bits per heavy atom. The summed E-state index contributed by atoms with van der Waals surface area (Å²) in [6.45, 7) is 0. The number of hydrogen-bond donors (Lipinski definition) is 5. The van der Waals surface area contributed by atoms with Crippen LogP contribution < -0.4 is 5.73 Å². The van der Waals surface area contributed by atoms with E-state index in [2.05, 4.69) is 18.8 Å². The standard InChI is InChI=1S/C6H11N3O8P2/c7-5(1-4-2-8-3-9-4)6(10)16-19(14,15)17-18(11,12)13/h2-3,5H,1,7H2,(H,8,9)(H,14,15)(H2,11,12,13)/t5-/m0/s1. The number of aromatic amines is 1. The molecule has 0 amide bonds. The van der Waals surface area contributed by atoms with Gasteiger partial charge in [-0.3, -0.25) is 4.89 Å². The number of rotatable bonds is 6. The lowest BCUT2D eigenvalue weighted by Crippen LogP contribution is -2.34. The molecule has 0 saturated heterocycles. The molecule has 1 heterocycles. The lowest BCUT2D eigenvalue weighted by molar-refractivity contribution is -0.137. The molecule has 1 rings (SSSR count). The van der Waals surface area contributed by atoms with Crippen molar-refractivity contribution in [2.24, 2.45) is 5.73 Å². The van der Waals surface area contributed by atoms with Crippen molar-refractivity contribution in [1.82, 2.24) is 9.97 Å². The highest BCUT2D eigenvalue weighted by Crippen LogP contribution is 2.57. The summed E-state index contributed by atoms with van der Waals surface area (Å²) in [7, 11) is -10.5. The summed E-state index contributed by atoms with van der Waals surface area (Å²) in [5, 5.41) is 0. The fraction of sp³-hybridized carbons (Fsp3) is 0.333. The number of phosphoric ester groups is 1. The molecule has 108 valence electrons. The van der Waals surface area contributed by atoms with E-state index in [0.29, 0.717) is 5.69 Å². The second-order valence-electron chi connectivity index (χ2n) is 3.34. The number of hydrogen-bond acceptors (Lipinski definition) is 7. The number of nitrogens with one attached hydrogen (secondary N) is 1. The molecule has 0 radical (unpaired) electrons. The molecule has 1 aromatic heterocycles. The van der Waals surface area contributed by atoms with Gasteiger partial charge in [0, 0.05) is 18.3 Å². The Labute approximate surface area is 106 Å². The summed E-state index contributed by atoms with van der Waals surface area (Å²) in [5.41, 5.74) is 5.84. The van der Waals surface area contributed by atoms with Crippen molar-refractivity contribution in [1.29, 1.82) is 0 Å². The van der Waals surface area contributed by atoms with Crippen LogP contribution in [0.1, 0.15) is 5.69 Å². The fourth-order valence-electron chi connectivity index (χ4n) is 1.05. The van der Waals surface area contributed by atoms with Gasteiger partial charge in [-0.2, -0.15) is 4.31 Å². The summed E-state index contributed by atoms with van der Waals surface area (Å²) in [5.74, 6) is -1.35. The van der Waals surface area contributed by atoms with E-state index in [1.165, 1.54) is 12.5 Å². The van der Waals surface area contributed by atoms with Crippen LogP contribution in [0.25, 0.3) is 0 Å². The zero-order valence-electron chi connectivity index (χ0n) is 9.24. The summed E-state index contributed by atoms with van der Waals surface area (Å²) in [4.78, 5) is 43.2. The van der Waals surface area contributed by atoms with E-state index in [0.717, 1.165) is 0 Å². The Morgan fingerprint density at radius 2 is 2.11 bits per heavy atom. The molecule has 19 heavy (non-hydrogen) atoms. The first-order valence-corrected chi connectivity index (χ1v) is 7.67. The number of H-pyrrole nitrogens is 1. The summed E-state index contributed by atoms with van der Waals surface area (Å²) < 4.78 is 28.8. The fourth-order valence-corrected chi connectivity index (χ4v) is 2.62. The largest absolute Gasteiger partial charge is 0.538 e. The summed E-state index contributed by atoms with van der Waals surface area (Å²) >= 11 is 0. The van der Waals surface area contributed by atoms with Crippen LogP contribution in [-0.2, 0) is 29.2 Å².